The van der Waals surface area contributed by atoms with Crippen LogP contribution in [0.25, 0.3) is 0 Å². The van der Waals surface area contributed by atoms with Crippen LogP contribution in [-0.2, 0) is 5.41 Å². The van der Waals surface area contributed by atoms with Gasteiger partial charge in [-0.25, -0.2) is 0 Å². The highest BCUT2D eigenvalue weighted by Crippen LogP contribution is 2.60. The number of aromatic nitrogens is 4. The van der Waals surface area contributed by atoms with Gasteiger partial charge in [0.05, 0.1) is 0 Å². The van der Waals surface area contributed by atoms with Gasteiger partial charge >= 0.3 is 0 Å². The molecular formula is C26H37N7. The van der Waals surface area contributed by atoms with Gasteiger partial charge in [0, 0.05) is 29.6 Å². The summed E-state index contributed by atoms with van der Waals surface area (Å²) in [5.74, 6) is 4.51. The van der Waals surface area contributed by atoms with Crippen LogP contribution in [0.1, 0.15) is 76.5 Å². The zero-order valence-electron chi connectivity index (χ0n) is 19.7. The maximum atomic E-state index is 9.48. The van der Waals surface area contributed by atoms with E-state index >= 15 is 0 Å². The van der Waals surface area contributed by atoms with Gasteiger partial charge in [0.1, 0.15) is 11.8 Å². The van der Waals surface area contributed by atoms with E-state index in [1.54, 1.807) is 0 Å². The zero-order chi connectivity index (χ0) is 22.4. The molecule has 7 heteroatoms. The van der Waals surface area contributed by atoms with E-state index in [-0.39, 0.29) is 5.41 Å². The topological polar surface area (TPSA) is 93.5 Å². The average molecular weight is 448 g/mol. The molecule has 5 aliphatic rings. The van der Waals surface area contributed by atoms with E-state index in [0.29, 0.717) is 23.8 Å². The fraction of sp³-hybridized carbons (Fsp3) is 0.769. The normalized spacial score (nSPS) is 39.1. The van der Waals surface area contributed by atoms with Crippen LogP contribution in [-0.4, -0.2) is 44.7 Å². The average Bonchev–Trinajstić information content (AvgIpc) is 3.23. The van der Waals surface area contributed by atoms with Crippen molar-refractivity contribution >= 4 is 0 Å². The molecule has 1 aliphatic heterocycles. The highest BCUT2D eigenvalue weighted by molar-refractivity contribution is 5.37. The van der Waals surface area contributed by atoms with Crippen molar-refractivity contribution in [3.8, 4) is 6.07 Å². The standard InChI is InChI=1S/C26H37N7/c1-17(33-21(15-27)13-20-14-24(20)33)16-28-11-10-26(25-29-31-32-30-25)22-8-4-2-6-18(22)12-19-7-3-5-9-23(19)26/h13,18-20,22-24,28H,1-12,14,16H2,(H,29,30,31,32)/t18?,19?,20-,22?,23?,24+,26?/m1/s1. The van der Waals surface area contributed by atoms with Gasteiger partial charge in [0.25, 0.3) is 0 Å². The van der Waals surface area contributed by atoms with Gasteiger partial charge < -0.3 is 10.2 Å². The first-order valence-corrected chi connectivity index (χ1v) is 13.3. The number of nitrogens with zero attached hydrogens (tertiary/aromatic N) is 5. The van der Waals surface area contributed by atoms with Gasteiger partial charge in [0.15, 0.2) is 5.82 Å². The van der Waals surface area contributed by atoms with E-state index in [1.165, 1.54) is 57.8 Å². The Morgan fingerprint density at radius 3 is 2.55 bits per heavy atom. The summed E-state index contributed by atoms with van der Waals surface area (Å²) in [6, 6.07) is 2.83. The maximum Gasteiger partial charge on any atom is 0.181 e. The minimum atomic E-state index is 0.0305. The molecule has 4 aliphatic carbocycles. The van der Waals surface area contributed by atoms with E-state index in [0.717, 1.165) is 55.0 Å². The summed E-state index contributed by atoms with van der Waals surface area (Å²) >= 11 is 0. The molecule has 1 aromatic rings. The molecule has 176 valence electrons. The lowest BCUT2D eigenvalue weighted by Gasteiger charge is -2.58. The molecule has 6 rings (SSSR count). The first kappa shape index (κ1) is 21.3. The summed E-state index contributed by atoms with van der Waals surface area (Å²) < 4.78 is 0. The summed E-state index contributed by atoms with van der Waals surface area (Å²) in [5.41, 5.74) is 1.84. The van der Waals surface area contributed by atoms with Gasteiger partial charge in [-0.15, -0.1) is 10.2 Å². The molecule has 0 radical (unpaired) electrons. The summed E-state index contributed by atoms with van der Waals surface area (Å²) in [4.78, 5) is 2.17. The van der Waals surface area contributed by atoms with Gasteiger partial charge in [-0.2, -0.15) is 10.5 Å². The first-order valence-electron chi connectivity index (χ1n) is 13.3. The maximum absolute atomic E-state index is 9.48. The van der Waals surface area contributed by atoms with E-state index in [9.17, 15) is 5.26 Å². The highest BCUT2D eigenvalue weighted by Gasteiger charge is 2.58. The van der Waals surface area contributed by atoms with Crippen LogP contribution in [0.2, 0.25) is 0 Å². The van der Waals surface area contributed by atoms with E-state index in [4.69, 9.17) is 0 Å². The smallest absolute Gasteiger partial charge is 0.181 e. The number of hydrogen-bond donors (Lipinski definition) is 2. The Kier molecular flexibility index (Phi) is 5.52. The third-order valence-electron chi connectivity index (χ3n) is 9.78. The van der Waals surface area contributed by atoms with Crippen molar-refractivity contribution < 1.29 is 0 Å². The van der Waals surface area contributed by atoms with Crippen LogP contribution in [0.15, 0.2) is 24.0 Å². The van der Waals surface area contributed by atoms with Crippen LogP contribution >= 0.6 is 0 Å². The number of aromatic amines is 1. The van der Waals surface area contributed by atoms with E-state index < -0.39 is 0 Å². The molecule has 6 atom stereocenters. The van der Waals surface area contributed by atoms with Gasteiger partial charge in [-0.05, 0) is 68.4 Å². The van der Waals surface area contributed by atoms with Crippen LogP contribution in [0.3, 0.4) is 0 Å². The summed E-state index contributed by atoms with van der Waals surface area (Å²) in [6.45, 7) is 5.98. The molecule has 2 N–H and O–H groups in total. The number of allylic oxidation sites excluding steroid dienone is 1. The molecule has 1 aromatic heterocycles. The second-order valence-corrected chi connectivity index (χ2v) is 11.3. The number of tetrazole rings is 1. The van der Waals surface area contributed by atoms with Crippen LogP contribution in [0.4, 0.5) is 0 Å². The molecule has 4 saturated carbocycles. The largest absolute Gasteiger partial charge is 0.332 e. The Balaban J connectivity index is 1.20. The number of fused-ring (bicyclic) bond motifs is 3. The molecule has 0 aromatic carbocycles. The number of hydrogen-bond acceptors (Lipinski definition) is 6. The molecule has 7 nitrogen and oxygen atoms in total. The molecule has 4 fully saturated rings. The van der Waals surface area contributed by atoms with E-state index in [2.05, 4.69) is 49.6 Å². The highest BCUT2D eigenvalue weighted by atomic mass is 15.5. The van der Waals surface area contributed by atoms with Crippen molar-refractivity contribution in [2.45, 2.75) is 82.1 Å². The lowest BCUT2D eigenvalue weighted by molar-refractivity contribution is -0.0476. The summed E-state index contributed by atoms with van der Waals surface area (Å²) in [6.07, 6.45) is 16.6. The molecule has 0 spiro atoms. The van der Waals surface area contributed by atoms with Crippen molar-refractivity contribution in [3.63, 3.8) is 0 Å². The predicted octanol–water partition coefficient (Wildman–Crippen LogP) is 4.06. The molecule has 33 heavy (non-hydrogen) atoms. The molecule has 0 saturated heterocycles. The Labute approximate surface area is 197 Å². The Hall–Kier alpha value is -2.20. The molecule has 0 bridgehead atoms. The number of nitriles is 1. The lowest BCUT2D eigenvalue weighted by Crippen LogP contribution is -2.56. The lowest BCUT2D eigenvalue weighted by atomic mass is 9.46. The van der Waals surface area contributed by atoms with Crippen LogP contribution in [0, 0.1) is 40.9 Å². The Bertz CT molecular complexity index is 922. The minimum Gasteiger partial charge on any atom is -0.332 e. The minimum absolute atomic E-state index is 0.0305. The SMILES string of the molecule is C=C(CNCCC1(c2nn[nH]n2)C2CCCCC2CC2CCCCC21)N1C(C#N)=C[C@@H]2C[C@@H]21. The molecule has 4 unspecified atom stereocenters. The van der Waals surface area contributed by atoms with Crippen molar-refractivity contribution in [2.75, 3.05) is 13.1 Å². The second-order valence-electron chi connectivity index (χ2n) is 11.3. The number of rotatable bonds is 7. The van der Waals surface area contributed by atoms with Crippen molar-refractivity contribution in [1.82, 2.24) is 30.8 Å². The summed E-state index contributed by atoms with van der Waals surface area (Å²) in [7, 11) is 0. The van der Waals surface area contributed by atoms with Gasteiger partial charge in [0.2, 0.25) is 0 Å². The first-order chi connectivity index (χ1) is 16.2. The van der Waals surface area contributed by atoms with Gasteiger partial charge in [-0.3, -0.25) is 0 Å². The van der Waals surface area contributed by atoms with E-state index in [1.807, 2.05) is 0 Å². The molecular weight excluding hydrogens is 410 g/mol. The third kappa shape index (κ3) is 3.53. The predicted molar refractivity (Wildman–Crippen MR) is 125 cm³/mol. The van der Waals surface area contributed by atoms with Gasteiger partial charge in [-0.1, -0.05) is 50.3 Å². The Morgan fingerprint density at radius 2 is 1.88 bits per heavy atom. The molecule has 0 amide bonds. The van der Waals surface area contributed by atoms with Crippen LogP contribution < -0.4 is 5.32 Å². The molecule has 2 heterocycles. The zero-order valence-corrected chi connectivity index (χ0v) is 19.7. The fourth-order valence-electron chi connectivity index (χ4n) is 8.42. The summed E-state index contributed by atoms with van der Waals surface area (Å²) in [5, 5.41) is 29.4. The van der Waals surface area contributed by atoms with Crippen molar-refractivity contribution in [3.05, 3.63) is 29.9 Å². The Morgan fingerprint density at radius 1 is 1.15 bits per heavy atom. The fourth-order valence-corrected chi connectivity index (χ4v) is 8.42. The van der Waals surface area contributed by atoms with Crippen molar-refractivity contribution in [2.24, 2.45) is 29.6 Å². The number of H-pyrrole nitrogens is 1. The second kappa shape index (κ2) is 8.54. The van der Waals surface area contributed by atoms with Crippen LogP contribution in [0.5, 0.6) is 0 Å². The van der Waals surface area contributed by atoms with Crippen molar-refractivity contribution in [1.29, 1.82) is 5.26 Å². The number of nitrogens with one attached hydrogen (secondary N) is 2. The quantitative estimate of drug-likeness (QED) is 0.612. The third-order valence-corrected chi connectivity index (χ3v) is 9.78. The monoisotopic (exact) mass is 447 g/mol.